The van der Waals surface area contributed by atoms with Crippen molar-refractivity contribution in [3.05, 3.63) is 54.2 Å². The summed E-state index contributed by atoms with van der Waals surface area (Å²) in [5, 5.41) is 36.9. The Balaban J connectivity index is 1.92. The number of nitrogens with two attached hydrogens (primary N) is 3. The van der Waals surface area contributed by atoms with Gasteiger partial charge in [0.1, 0.15) is 48.3 Å². The molecular formula is C40H57N13O12S. The number of rotatable bonds is 27. The highest BCUT2D eigenvalue weighted by Gasteiger charge is 2.35. The van der Waals surface area contributed by atoms with Crippen LogP contribution in [0.15, 0.2) is 43.0 Å². The van der Waals surface area contributed by atoms with Gasteiger partial charge in [-0.05, 0) is 50.8 Å². The third-order valence-electron chi connectivity index (χ3n) is 10.00. The van der Waals surface area contributed by atoms with Crippen molar-refractivity contribution in [1.82, 2.24) is 52.2 Å². The van der Waals surface area contributed by atoms with Crippen LogP contribution in [0.2, 0.25) is 0 Å². The van der Waals surface area contributed by atoms with Crippen molar-refractivity contribution >= 4 is 81.8 Å². The van der Waals surface area contributed by atoms with Crippen LogP contribution in [-0.2, 0) is 60.8 Å². The number of carboxylic acids is 1. The number of carbonyl (C=O) groups excluding carboxylic acids is 9. The maximum atomic E-state index is 14.2. The number of hydrogen-bond acceptors (Lipinski definition) is 14. The number of para-hydroxylation sites is 1. The lowest BCUT2D eigenvalue weighted by molar-refractivity contribution is -0.141. The Kier molecular flexibility index (Phi) is 20.5. The Labute approximate surface area is 382 Å². The average molecular weight is 944 g/mol. The van der Waals surface area contributed by atoms with Gasteiger partial charge in [0.25, 0.3) is 0 Å². The highest BCUT2D eigenvalue weighted by molar-refractivity contribution is 7.98. The summed E-state index contributed by atoms with van der Waals surface area (Å²) in [7, 11) is 0. The maximum Gasteiger partial charge on any atom is 0.305 e. The molecule has 9 amide bonds. The molecule has 9 atom stereocenters. The van der Waals surface area contributed by atoms with Gasteiger partial charge < -0.3 is 74.6 Å². The standard InChI is InChI=1S/C40H57N13O12S/c1-18(33(43)58)47-34(59)19(2)48-36(61)27(12-22-16-44-17-46-22)51-35(60)25(9-10-66-4)49-38(63)28(13-30(41)55)52-37(62)26(11-21-15-45-24-8-6-5-7-23(21)24)50-39(64)29(14-31(56)57)53-40(65)32(42)20(3)54/h5-8,15-20,25-29,32,45,54H,9-14,42H2,1-4H3,(H2,41,55)(H2,43,58)(H,44,46)(H,47,59)(H,48,61)(H,49,63)(H,50,64)(H,51,60)(H,52,62)(H,53,65)(H,56,57)/t18-,19-,20+,25-,26-,27-,28-,29-,32-/m0/s1. The van der Waals surface area contributed by atoms with Crippen LogP contribution in [0.4, 0.5) is 0 Å². The SMILES string of the molecule is CSCC[C@H](NC(=O)[C@H](CC(N)=O)NC(=O)[C@H](Cc1c[nH]c2ccccc12)NC(=O)[C@H](CC(=O)O)NC(=O)[C@@H](N)[C@@H](C)O)C(=O)N[C@@H](Cc1cnc[nH]1)C(=O)N[C@@H](C)C(=O)N[C@@H](C)C(N)=O. The number of hydrogen-bond donors (Lipinski definition) is 14. The van der Waals surface area contributed by atoms with Crippen LogP contribution >= 0.6 is 11.8 Å². The largest absolute Gasteiger partial charge is 0.481 e. The summed E-state index contributed by atoms with van der Waals surface area (Å²) >= 11 is 1.31. The lowest BCUT2D eigenvalue weighted by atomic mass is 10.0. The van der Waals surface area contributed by atoms with Gasteiger partial charge in [-0.25, -0.2) is 4.98 Å². The molecule has 66 heavy (non-hydrogen) atoms. The van der Waals surface area contributed by atoms with E-state index in [0.717, 1.165) is 0 Å². The summed E-state index contributed by atoms with van der Waals surface area (Å²) in [6.45, 7) is 3.89. The lowest BCUT2D eigenvalue weighted by Gasteiger charge is -2.27. The molecule has 0 spiro atoms. The summed E-state index contributed by atoms with van der Waals surface area (Å²) in [6.07, 6.45) is 2.37. The van der Waals surface area contributed by atoms with Gasteiger partial charge in [0, 0.05) is 41.8 Å². The molecular weight excluding hydrogens is 887 g/mol. The van der Waals surface area contributed by atoms with Gasteiger partial charge in [0.15, 0.2) is 0 Å². The molecule has 3 rings (SSSR count). The molecule has 360 valence electrons. The van der Waals surface area contributed by atoms with Gasteiger partial charge in [-0.15, -0.1) is 0 Å². The molecule has 25 nitrogen and oxygen atoms in total. The van der Waals surface area contributed by atoms with Gasteiger partial charge >= 0.3 is 5.97 Å². The molecule has 0 radical (unpaired) electrons. The second-order valence-electron chi connectivity index (χ2n) is 15.3. The first kappa shape index (κ1) is 53.3. The van der Waals surface area contributed by atoms with E-state index in [1.807, 2.05) is 0 Å². The first-order valence-electron chi connectivity index (χ1n) is 20.5. The van der Waals surface area contributed by atoms with E-state index in [9.17, 15) is 58.2 Å². The number of aliphatic carboxylic acids is 1. The molecule has 2 heterocycles. The molecule has 0 aliphatic rings. The van der Waals surface area contributed by atoms with E-state index in [1.165, 1.54) is 45.1 Å². The van der Waals surface area contributed by atoms with Crippen LogP contribution in [-0.4, -0.2) is 151 Å². The monoisotopic (exact) mass is 943 g/mol. The number of carboxylic acid groups (broad SMARTS) is 1. The molecule has 0 saturated heterocycles. The number of H-pyrrole nitrogens is 2. The number of aromatic amines is 2. The van der Waals surface area contributed by atoms with Crippen molar-refractivity contribution in [1.29, 1.82) is 0 Å². The third kappa shape index (κ3) is 16.5. The Bertz CT molecular complexity index is 2220. The fraction of sp³-hybridized carbons (Fsp3) is 0.475. The Morgan fingerprint density at radius 1 is 0.682 bits per heavy atom. The van der Waals surface area contributed by atoms with Crippen LogP contribution in [0.25, 0.3) is 10.9 Å². The van der Waals surface area contributed by atoms with Gasteiger partial charge in [-0.1, -0.05) is 18.2 Å². The van der Waals surface area contributed by atoms with Crippen molar-refractivity contribution in [2.24, 2.45) is 17.2 Å². The normalized spacial score (nSPS) is 15.2. The molecule has 0 bridgehead atoms. The number of primary amides is 2. The number of aliphatic hydroxyl groups is 1. The number of thioether (sulfide) groups is 1. The van der Waals surface area contributed by atoms with Crippen LogP contribution in [0.5, 0.6) is 0 Å². The number of nitrogens with zero attached hydrogens (tertiary/aromatic N) is 1. The molecule has 2 aromatic heterocycles. The number of aliphatic hydroxyl groups excluding tert-OH is 1. The van der Waals surface area contributed by atoms with Crippen LogP contribution in [0.1, 0.15) is 51.3 Å². The maximum absolute atomic E-state index is 14.2. The molecule has 0 aliphatic carbocycles. The quantitative estimate of drug-likeness (QED) is 0.0342. The summed E-state index contributed by atoms with van der Waals surface area (Å²) in [5.74, 6) is -9.94. The minimum atomic E-state index is -1.80. The van der Waals surface area contributed by atoms with E-state index >= 15 is 0 Å². The summed E-state index contributed by atoms with van der Waals surface area (Å²) in [4.78, 5) is 140. The van der Waals surface area contributed by atoms with Gasteiger partial charge in [0.2, 0.25) is 53.2 Å². The van der Waals surface area contributed by atoms with Crippen molar-refractivity contribution in [3.63, 3.8) is 0 Å². The third-order valence-corrected chi connectivity index (χ3v) is 10.6. The van der Waals surface area contributed by atoms with E-state index in [-0.39, 0.29) is 25.0 Å². The predicted octanol–water partition coefficient (Wildman–Crippen LogP) is -4.59. The molecule has 0 saturated carbocycles. The molecule has 0 aliphatic heterocycles. The highest BCUT2D eigenvalue weighted by Crippen LogP contribution is 2.20. The number of benzene rings is 1. The average Bonchev–Trinajstić information content (AvgIpc) is 3.93. The zero-order chi connectivity index (χ0) is 49.2. The number of fused-ring (bicyclic) bond motifs is 1. The topological polar surface area (TPSA) is 418 Å². The number of carbonyl (C=O) groups is 10. The zero-order valence-corrected chi connectivity index (χ0v) is 37.4. The Hall–Kier alpha value is -7.06. The second kappa shape index (κ2) is 25.4. The number of amides is 9. The van der Waals surface area contributed by atoms with Crippen molar-refractivity contribution in [2.45, 2.75) is 107 Å². The molecule has 17 N–H and O–H groups in total. The van der Waals surface area contributed by atoms with E-state index in [0.29, 0.717) is 22.2 Å². The molecule has 1 aromatic carbocycles. The molecule has 3 aromatic rings. The fourth-order valence-electron chi connectivity index (χ4n) is 6.22. The Morgan fingerprint density at radius 3 is 1.79 bits per heavy atom. The second-order valence-corrected chi connectivity index (χ2v) is 16.3. The lowest BCUT2D eigenvalue weighted by Crippen LogP contribution is -2.61. The first-order valence-corrected chi connectivity index (χ1v) is 21.9. The van der Waals surface area contributed by atoms with E-state index in [2.05, 4.69) is 52.2 Å². The smallest absolute Gasteiger partial charge is 0.305 e. The van der Waals surface area contributed by atoms with E-state index < -0.39 is 126 Å². The minimum Gasteiger partial charge on any atom is -0.481 e. The number of aromatic nitrogens is 3. The van der Waals surface area contributed by atoms with Crippen LogP contribution < -0.4 is 54.4 Å². The highest BCUT2D eigenvalue weighted by atomic mass is 32.2. The predicted molar refractivity (Wildman–Crippen MR) is 237 cm³/mol. The van der Waals surface area contributed by atoms with Crippen molar-refractivity contribution in [2.75, 3.05) is 12.0 Å². The summed E-state index contributed by atoms with van der Waals surface area (Å²) < 4.78 is 0. The molecule has 0 unspecified atom stereocenters. The zero-order valence-electron chi connectivity index (χ0n) is 36.5. The fourth-order valence-corrected chi connectivity index (χ4v) is 6.69. The van der Waals surface area contributed by atoms with Crippen LogP contribution in [0, 0.1) is 0 Å². The molecule has 0 fully saturated rings. The van der Waals surface area contributed by atoms with E-state index in [1.54, 1.807) is 36.7 Å². The number of imidazole rings is 1. The number of nitrogens with one attached hydrogen (secondary N) is 9. The van der Waals surface area contributed by atoms with Crippen LogP contribution in [0.3, 0.4) is 0 Å². The van der Waals surface area contributed by atoms with Gasteiger partial charge in [0.05, 0.1) is 25.3 Å². The van der Waals surface area contributed by atoms with Gasteiger partial charge in [-0.3, -0.25) is 47.9 Å². The first-order chi connectivity index (χ1) is 31.1. The van der Waals surface area contributed by atoms with Gasteiger partial charge in [-0.2, -0.15) is 11.8 Å². The molecule has 26 heteroatoms. The van der Waals surface area contributed by atoms with Crippen molar-refractivity contribution in [3.8, 4) is 0 Å². The summed E-state index contributed by atoms with van der Waals surface area (Å²) in [5.41, 5.74) is 17.9. The van der Waals surface area contributed by atoms with E-state index in [4.69, 9.17) is 17.2 Å². The van der Waals surface area contributed by atoms with Crippen molar-refractivity contribution < 1.29 is 58.2 Å². The Morgan fingerprint density at radius 2 is 1.21 bits per heavy atom. The minimum absolute atomic E-state index is 0.0349. The summed E-state index contributed by atoms with van der Waals surface area (Å²) in [6, 6.07) is -4.83.